The maximum absolute atomic E-state index is 12.7. The lowest BCUT2D eigenvalue weighted by Gasteiger charge is -2.33. The molecule has 6 nitrogen and oxygen atoms in total. The fourth-order valence-electron chi connectivity index (χ4n) is 3.09. The SMILES string of the molecule is CCC(CC)(CNC(=O)OC(C)(C)C)NC(=O)Cc1c[nH]c2cc(Cl)ccc12. The molecule has 2 rings (SSSR count). The largest absolute Gasteiger partial charge is 0.444 e. The number of alkyl carbamates (subject to hydrolysis) is 1. The number of ether oxygens (including phenoxy) is 1. The third-order valence-electron chi connectivity index (χ3n) is 4.81. The maximum Gasteiger partial charge on any atom is 0.407 e. The van der Waals surface area contributed by atoms with Crippen LogP contribution in [0, 0.1) is 0 Å². The van der Waals surface area contributed by atoms with Crippen molar-refractivity contribution in [3.05, 3.63) is 35.0 Å². The topological polar surface area (TPSA) is 83.2 Å². The minimum Gasteiger partial charge on any atom is -0.444 e. The number of nitrogens with one attached hydrogen (secondary N) is 3. The first-order valence-corrected chi connectivity index (χ1v) is 9.98. The molecule has 2 aromatic rings. The van der Waals surface area contributed by atoms with Gasteiger partial charge < -0.3 is 20.4 Å². The average molecular weight is 408 g/mol. The van der Waals surface area contributed by atoms with Gasteiger partial charge in [-0.15, -0.1) is 0 Å². The molecular weight excluding hydrogens is 378 g/mol. The molecule has 0 aliphatic carbocycles. The molecule has 0 bridgehead atoms. The maximum atomic E-state index is 12.7. The fourth-order valence-corrected chi connectivity index (χ4v) is 3.27. The van der Waals surface area contributed by atoms with Gasteiger partial charge in [0.05, 0.1) is 12.0 Å². The van der Waals surface area contributed by atoms with Gasteiger partial charge in [0.25, 0.3) is 0 Å². The average Bonchev–Trinajstić information content (AvgIpc) is 2.99. The predicted molar refractivity (Wildman–Crippen MR) is 113 cm³/mol. The van der Waals surface area contributed by atoms with Crippen molar-refractivity contribution in [3.63, 3.8) is 0 Å². The lowest BCUT2D eigenvalue weighted by Crippen LogP contribution is -2.55. The first kappa shape index (κ1) is 22.1. The molecule has 0 saturated heterocycles. The van der Waals surface area contributed by atoms with Crippen LogP contribution in [0.5, 0.6) is 0 Å². The summed E-state index contributed by atoms with van der Waals surface area (Å²) in [4.78, 5) is 27.9. The summed E-state index contributed by atoms with van der Waals surface area (Å²) in [7, 11) is 0. The predicted octanol–water partition coefficient (Wildman–Crippen LogP) is 4.56. The van der Waals surface area contributed by atoms with Gasteiger partial charge in [-0.05, 0) is 51.3 Å². The highest BCUT2D eigenvalue weighted by Gasteiger charge is 2.30. The Kier molecular flexibility index (Phi) is 6.99. The molecule has 0 atom stereocenters. The minimum absolute atomic E-state index is 0.0921. The molecule has 1 heterocycles. The number of halogens is 1. The van der Waals surface area contributed by atoms with Gasteiger partial charge in [0.1, 0.15) is 5.60 Å². The van der Waals surface area contributed by atoms with E-state index in [1.165, 1.54) is 0 Å². The standard InChI is InChI=1S/C21H30ClN3O3/c1-6-21(7-2,13-24-19(27)28-20(3,4)5)25-18(26)10-14-12-23-17-11-15(22)8-9-16(14)17/h8-9,11-12,23H,6-7,10,13H2,1-5H3,(H,24,27)(H,25,26). The Bertz CT molecular complexity index is 835. The number of rotatable bonds is 7. The van der Waals surface area contributed by atoms with Crippen LogP contribution in [0.2, 0.25) is 5.02 Å². The minimum atomic E-state index is -0.563. The Hall–Kier alpha value is -2.21. The number of benzene rings is 1. The Balaban J connectivity index is 2.03. The van der Waals surface area contributed by atoms with E-state index in [2.05, 4.69) is 15.6 Å². The monoisotopic (exact) mass is 407 g/mol. The van der Waals surface area contributed by atoms with Crippen molar-refractivity contribution in [1.29, 1.82) is 0 Å². The summed E-state index contributed by atoms with van der Waals surface area (Å²) < 4.78 is 5.29. The van der Waals surface area contributed by atoms with E-state index in [9.17, 15) is 9.59 Å². The molecular formula is C21H30ClN3O3. The van der Waals surface area contributed by atoms with E-state index < -0.39 is 17.2 Å². The fraction of sp³-hybridized carbons (Fsp3) is 0.524. The Morgan fingerprint density at radius 2 is 1.86 bits per heavy atom. The second kappa shape index (κ2) is 8.86. The van der Waals surface area contributed by atoms with Gasteiger partial charge in [-0.25, -0.2) is 4.79 Å². The van der Waals surface area contributed by atoms with Gasteiger partial charge in [-0.3, -0.25) is 4.79 Å². The second-order valence-electron chi connectivity index (χ2n) is 8.07. The van der Waals surface area contributed by atoms with Gasteiger partial charge >= 0.3 is 6.09 Å². The summed E-state index contributed by atoms with van der Waals surface area (Å²) in [6, 6.07) is 5.56. The van der Waals surface area contributed by atoms with Gasteiger partial charge in [-0.1, -0.05) is 31.5 Å². The molecule has 154 valence electrons. The molecule has 2 amide bonds. The molecule has 0 spiro atoms. The number of hydrogen-bond donors (Lipinski definition) is 3. The quantitative estimate of drug-likeness (QED) is 0.628. The smallest absolute Gasteiger partial charge is 0.407 e. The molecule has 0 unspecified atom stereocenters. The molecule has 0 fully saturated rings. The van der Waals surface area contributed by atoms with Crippen molar-refractivity contribution in [2.24, 2.45) is 0 Å². The molecule has 0 radical (unpaired) electrons. The summed E-state index contributed by atoms with van der Waals surface area (Å²) in [5.41, 5.74) is 0.722. The third-order valence-corrected chi connectivity index (χ3v) is 5.04. The highest BCUT2D eigenvalue weighted by molar-refractivity contribution is 6.31. The molecule has 7 heteroatoms. The Labute approximate surface area is 171 Å². The van der Waals surface area contributed by atoms with Crippen LogP contribution in [0.1, 0.15) is 53.0 Å². The number of H-pyrrole nitrogens is 1. The van der Waals surface area contributed by atoms with E-state index in [1.807, 2.05) is 59.0 Å². The van der Waals surface area contributed by atoms with Crippen molar-refractivity contribution in [3.8, 4) is 0 Å². The van der Waals surface area contributed by atoms with Crippen LogP contribution >= 0.6 is 11.6 Å². The number of carbonyl (C=O) groups excluding carboxylic acids is 2. The molecule has 1 aromatic carbocycles. The van der Waals surface area contributed by atoms with Gasteiger partial charge in [0.15, 0.2) is 0 Å². The van der Waals surface area contributed by atoms with E-state index in [1.54, 1.807) is 0 Å². The molecule has 0 aliphatic heterocycles. The highest BCUT2D eigenvalue weighted by atomic mass is 35.5. The Morgan fingerprint density at radius 1 is 1.18 bits per heavy atom. The lowest BCUT2D eigenvalue weighted by atomic mass is 9.92. The van der Waals surface area contributed by atoms with Crippen molar-refractivity contribution < 1.29 is 14.3 Å². The number of fused-ring (bicyclic) bond motifs is 1. The number of carbonyl (C=O) groups is 2. The third kappa shape index (κ3) is 5.89. The summed E-state index contributed by atoms with van der Waals surface area (Å²) in [6.45, 7) is 9.74. The van der Waals surface area contributed by atoms with Crippen molar-refractivity contribution in [1.82, 2.24) is 15.6 Å². The molecule has 0 saturated carbocycles. The summed E-state index contributed by atoms with van der Waals surface area (Å²) in [5.74, 6) is -0.0921. The second-order valence-corrected chi connectivity index (χ2v) is 8.51. The number of aromatic nitrogens is 1. The zero-order valence-corrected chi connectivity index (χ0v) is 18.0. The van der Waals surface area contributed by atoms with Crippen LogP contribution in [0.3, 0.4) is 0 Å². The van der Waals surface area contributed by atoms with Crippen molar-refractivity contribution in [2.45, 2.75) is 65.0 Å². The van der Waals surface area contributed by atoms with E-state index in [0.29, 0.717) is 24.4 Å². The van der Waals surface area contributed by atoms with E-state index >= 15 is 0 Å². The first-order valence-electron chi connectivity index (χ1n) is 9.61. The van der Waals surface area contributed by atoms with Crippen molar-refractivity contribution >= 4 is 34.5 Å². The number of hydrogen-bond acceptors (Lipinski definition) is 3. The number of amides is 2. The van der Waals surface area contributed by atoms with E-state index in [4.69, 9.17) is 16.3 Å². The zero-order valence-electron chi connectivity index (χ0n) is 17.2. The highest BCUT2D eigenvalue weighted by Crippen LogP contribution is 2.23. The van der Waals surface area contributed by atoms with Gasteiger partial charge in [-0.2, -0.15) is 0 Å². The summed E-state index contributed by atoms with van der Waals surface area (Å²) in [5, 5.41) is 7.52. The molecule has 3 N–H and O–H groups in total. The Morgan fingerprint density at radius 3 is 2.46 bits per heavy atom. The van der Waals surface area contributed by atoms with Crippen LogP contribution in [0.15, 0.2) is 24.4 Å². The van der Waals surface area contributed by atoms with Crippen LogP contribution in [0.4, 0.5) is 4.79 Å². The number of aromatic amines is 1. The molecule has 28 heavy (non-hydrogen) atoms. The van der Waals surface area contributed by atoms with Gasteiger partial charge in [0.2, 0.25) is 5.91 Å². The zero-order chi connectivity index (χ0) is 20.9. The van der Waals surface area contributed by atoms with Crippen molar-refractivity contribution in [2.75, 3.05) is 6.54 Å². The van der Waals surface area contributed by atoms with E-state index in [-0.39, 0.29) is 12.3 Å². The first-order chi connectivity index (χ1) is 13.1. The normalized spacial score (nSPS) is 12.1. The molecule has 0 aliphatic rings. The van der Waals surface area contributed by atoms with E-state index in [0.717, 1.165) is 16.5 Å². The lowest BCUT2D eigenvalue weighted by molar-refractivity contribution is -0.122. The molecule has 1 aromatic heterocycles. The summed E-state index contributed by atoms with van der Waals surface area (Å²) >= 11 is 6.01. The van der Waals surface area contributed by atoms with Gasteiger partial charge in [0, 0.05) is 28.7 Å². The van der Waals surface area contributed by atoms with Crippen LogP contribution < -0.4 is 10.6 Å². The van der Waals surface area contributed by atoms with Crippen LogP contribution in [-0.4, -0.2) is 34.7 Å². The van der Waals surface area contributed by atoms with Crippen LogP contribution in [-0.2, 0) is 16.0 Å². The van der Waals surface area contributed by atoms with Crippen LogP contribution in [0.25, 0.3) is 10.9 Å². The summed E-state index contributed by atoms with van der Waals surface area (Å²) in [6.07, 6.45) is 2.97.